The molecule has 0 unspecified atom stereocenters. The Morgan fingerprint density at radius 3 is 2.69 bits per heavy atom. The van der Waals surface area contributed by atoms with Gasteiger partial charge in [0.1, 0.15) is 11.5 Å². The second-order valence-corrected chi connectivity index (χ2v) is 4.06. The van der Waals surface area contributed by atoms with Gasteiger partial charge in [0.2, 0.25) is 0 Å². The molecular weight excluding hydrogens is 323 g/mol. The zero-order chi connectivity index (χ0) is 12.1. The van der Waals surface area contributed by atoms with Gasteiger partial charge in [-0.3, -0.25) is 0 Å². The van der Waals surface area contributed by atoms with E-state index in [-0.39, 0.29) is 5.75 Å². The van der Waals surface area contributed by atoms with Crippen molar-refractivity contribution in [3.8, 4) is 11.5 Å². The van der Waals surface area contributed by atoms with Crippen LogP contribution in [-0.4, -0.2) is 25.3 Å². The van der Waals surface area contributed by atoms with E-state index >= 15 is 0 Å². The van der Waals surface area contributed by atoms with Crippen molar-refractivity contribution >= 4 is 34.6 Å². The van der Waals surface area contributed by atoms with Gasteiger partial charge in [0.25, 0.3) is 0 Å². The van der Waals surface area contributed by atoms with E-state index in [1.54, 1.807) is 6.07 Å². The number of aromatic hydroxyl groups is 1. The summed E-state index contributed by atoms with van der Waals surface area (Å²) >= 11 is 2.08. The number of halogens is 1. The van der Waals surface area contributed by atoms with Crippen LogP contribution < -0.4 is 4.74 Å². The van der Waals surface area contributed by atoms with Crippen molar-refractivity contribution in [3.63, 3.8) is 0 Å². The topological polar surface area (TPSA) is 55.8 Å². The monoisotopic (exact) mass is 334 g/mol. The second-order valence-electron chi connectivity index (χ2n) is 2.90. The quantitative estimate of drug-likeness (QED) is 0.523. The average Bonchev–Trinajstić information content (AvgIpc) is 2.29. The molecule has 1 aromatic carbocycles. The van der Waals surface area contributed by atoms with E-state index in [2.05, 4.69) is 27.3 Å². The molecule has 0 aliphatic carbocycles. The lowest BCUT2D eigenvalue weighted by Crippen LogP contribution is -1.93. The molecule has 0 radical (unpaired) electrons. The number of ether oxygens (including phenoxy) is 2. The third-order valence-corrected chi connectivity index (χ3v) is 2.74. The minimum absolute atomic E-state index is 0.0532. The third-order valence-electron chi connectivity index (χ3n) is 1.90. The number of phenolic OH excluding ortho intramolecular Hbond substituents is 1. The van der Waals surface area contributed by atoms with Crippen LogP contribution in [0.15, 0.2) is 18.2 Å². The van der Waals surface area contributed by atoms with Crippen LogP contribution in [0.2, 0.25) is 0 Å². The Labute approximate surface area is 107 Å². The van der Waals surface area contributed by atoms with Gasteiger partial charge in [-0.1, -0.05) is 0 Å². The van der Waals surface area contributed by atoms with Crippen LogP contribution in [-0.2, 0) is 9.53 Å². The van der Waals surface area contributed by atoms with Gasteiger partial charge in [0.15, 0.2) is 0 Å². The molecule has 0 saturated carbocycles. The first-order valence-corrected chi connectivity index (χ1v) is 5.49. The lowest BCUT2D eigenvalue weighted by molar-refractivity contribution is -0.134. The molecule has 1 rings (SSSR count). The third kappa shape index (κ3) is 3.13. The fourth-order valence-electron chi connectivity index (χ4n) is 1.07. The molecule has 0 aliphatic heterocycles. The van der Waals surface area contributed by atoms with Gasteiger partial charge >= 0.3 is 5.97 Å². The summed E-state index contributed by atoms with van der Waals surface area (Å²) < 4.78 is 10.3. The summed E-state index contributed by atoms with van der Waals surface area (Å²) in [5.74, 6) is 0.177. The summed E-state index contributed by atoms with van der Waals surface area (Å²) in [5, 5.41) is 9.65. The Bertz CT molecular complexity index is 426. The van der Waals surface area contributed by atoms with Gasteiger partial charge in [-0.2, -0.15) is 0 Å². The lowest BCUT2D eigenvalue weighted by Gasteiger charge is -2.06. The van der Waals surface area contributed by atoms with Crippen LogP contribution in [0.3, 0.4) is 0 Å². The van der Waals surface area contributed by atoms with Crippen molar-refractivity contribution in [2.24, 2.45) is 0 Å². The standard InChI is InChI=1S/C11H11IO4/c1-15-10-6-9(13)7(5-8(10)12)3-4-11(14)16-2/h3-6,13H,1-2H3/b4-3+. The van der Waals surface area contributed by atoms with Crippen LogP contribution >= 0.6 is 22.6 Å². The number of rotatable bonds is 3. The molecule has 4 nitrogen and oxygen atoms in total. The molecule has 0 aromatic heterocycles. The molecule has 0 atom stereocenters. The minimum atomic E-state index is -0.467. The second kappa shape index (κ2) is 5.74. The summed E-state index contributed by atoms with van der Waals surface area (Å²) in [4.78, 5) is 10.9. The van der Waals surface area contributed by atoms with Crippen molar-refractivity contribution < 1.29 is 19.4 Å². The number of carbonyl (C=O) groups is 1. The van der Waals surface area contributed by atoms with Crippen molar-refractivity contribution in [3.05, 3.63) is 27.3 Å². The van der Waals surface area contributed by atoms with Crippen molar-refractivity contribution in [2.45, 2.75) is 0 Å². The molecule has 0 heterocycles. The van der Waals surface area contributed by atoms with E-state index in [9.17, 15) is 9.90 Å². The maximum Gasteiger partial charge on any atom is 0.330 e. The Hall–Kier alpha value is -1.24. The van der Waals surface area contributed by atoms with Gasteiger partial charge in [-0.05, 0) is 34.7 Å². The van der Waals surface area contributed by atoms with Crippen molar-refractivity contribution in [1.82, 2.24) is 0 Å². The number of carbonyl (C=O) groups excluding carboxylic acids is 1. The van der Waals surface area contributed by atoms with Gasteiger partial charge < -0.3 is 14.6 Å². The predicted octanol–water partition coefficient (Wildman–Crippen LogP) is 2.19. The molecule has 5 heteroatoms. The molecule has 0 amide bonds. The summed E-state index contributed by atoms with van der Waals surface area (Å²) in [6.07, 6.45) is 2.74. The normalized spacial score (nSPS) is 10.4. The highest BCUT2D eigenvalue weighted by Gasteiger charge is 2.06. The van der Waals surface area contributed by atoms with Gasteiger partial charge in [0.05, 0.1) is 17.8 Å². The van der Waals surface area contributed by atoms with Crippen LogP contribution in [0.4, 0.5) is 0 Å². The highest BCUT2D eigenvalue weighted by Crippen LogP contribution is 2.29. The molecule has 86 valence electrons. The summed E-state index contributed by atoms with van der Waals surface area (Å²) in [5.41, 5.74) is 0.538. The molecule has 1 aromatic rings. The van der Waals surface area contributed by atoms with E-state index in [0.717, 1.165) is 3.57 Å². The molecule has 0 bridgehead atoms. The SMILES string of the molecule is COC(=O)/C=C/c1cc(I)c(OC)cc1O. The number of hydrogen-bond acceptors (Lipinski definition) is 4. The smallest absolute Gasteiger partial charge is 0.330 e. The molecule has 0 spiro atoms. The Morgan fingerprint density at radius 1 is 1.44 bits per heavy atom. The first kappa shape index (κ1) is 12.8. The molecular formula is C11H11IO4. The maximum absolute atomic E-state index is 10.9. The number of phenols is 1. The highest BCUT2D eigenvalue weighted by molar-refractivity contribution is 14.1. The Morgan fingerprint density at radius 2 is 2.12 bits per heavy atom. The first-order chi connectivity index (χ1) is 7.58. The zero-order valence-electron chi connectivity index (χ0n) is 8.86. The molecule has 0 fully saturated rings. The van der Waals surface area contributed by atoms with Crippen molar-refractivity contribution in [1.29, 1.82) is 0 Å². The highest BCUT2D eigenvalue weighted by atomic mass is 127. The minimum Gasteiger partial charge on any atom is -0.507 e. The van der Waals surface area contributed by atoms with E-state index in [0.29, 0.717) is 11.3 Å². The van der Waals surface area contributed by atoms with E-state index < -0.39 is 5.97 Å². The van der Waals surface area contributed by atoms with Gasteiger partial charge in [0, 0.05) is 17.7 Å². The largest absolute Gasteiger partial charge is 0.507 e. The Kier molecular flexibility index (Phi) is 4.60. The predicted molar refractivity (Wildman–Crippen MR) is 68.4 cm³/mol. The summed E-state index contributed by atoms with van der Waals surface area (Å²) in [6.45, 7) is 0. The maximum atomic E-state index is 10.9. The Balaban J connectivity index is 3.02. The van der Waals surface area contributed by atoms with E-state index in [4.69, 9.17) is 4.74 Å². The summed E-state index contributed by atoms with van der Waals surface area (Å²) in [7, 11) is 2.82. The van der Waals surface area contributed by atoms with Gasteiger partial charge in [-0.25, -0.2) is 4.79 Å². The number of benzene rings is 1. The fourth-order valence-corrected chi connectivity index (χ4v) is 1.79. The van der Waals surface area contributed by atoms with Crippen LogP contribution in [0.5, 0.6) is 11.5 Å². The van der Waals surface area contributed by atoms with E-state index in [1.165, 1.54) is 32.4 Å². The zero-order valence-corrected chi connectivity index (χ0v) is 11.0. The fraction of sp³-hybridized carbons (Fsp3) is 0.182. The molecule has 0 saturated heterocycles. The first-order valence-electron chi connectivity index (χ1n) is 4.41. The van der Waals surface area contributed by atoms with Crippen LogP contribution in [0.25, 0.3) is 6.08 Å². The number of esters is 1. The number of methoxy groups -OCH3 is 2. The van der Waals surface area contributed by atoms with Crippen LogP contribution in [0.1, 0.15) is 5.56 Å². The number of hydrogen-bond donors (Lipinski definition) is 1. The molecule has 0 aliphatic rings. The average molecular weight is 334 g/mol. The van der Waals surface area contributed by atoms with E-state index in [1.807, 2.05) is 0 Å². The van der Waals surface area contributed by atoms with Crippen molar-refractivity contribution in [2.75, 3.05) is 14.2 Å². The van der Waals surface area contributed by atoms with Crippen LogP contribution in [0, 0.1) is 3.57 Å². The lowest BCUT2D eigenvalue weighted by atomic mass is 10.2. The molecule has 16 heavy (non-hydrogen) atoms. The summed E-state index contributed by atoms with van der Waals surface area (Å²) in [6, 6.07) is 3.22. The van der Waals surface area contributed by atoms with Gasteiger partial charge in [-0.15, -0.1) is 0 Å². The molecule has 1 N–H and O–H groups in total.